The first-order valence-electron chi connectivity index (χ1n) is 7.25. The summed E-state index contributed by atoms with van der Waals surface area (Å²) in [4.78, 5) is 2.32. The van der Waals surface area contributed by atoms with Crippen molar-refractivity contribution in [2.75, 3.05) is 18.5 Å². The molecular formula is C18H24N2. The van der Waals surface area contributed by atoms with E-state index < -0.39 is 0 Å². The van der Waals surface area contributed by atoms with Crippen molar-refractivity contribution in [2.45, 2.75) is 26.3 Å². The van der Waals surface area contributed by atoms with Crippen LogP contribution in [0.25, 0.3) is 0 Å². The summed E-state index contributed by atoms with van der Waals surface area (Å²) in [6, 6.07) is 17.2. The lowest BCUT2D eigenvalue weighted by Crippen LogP contribution is -2.19. The van der Waals surface area contributed by atoms with Crippen LogP contribution in [-0.4, -0.2) is 13.6 Å². The van der Waals surface area contributed by atoms with Gasteiger partial charge in [0.25, 0.3) is 0 Å². The molecule has 0 spiro atoms. The summed E-state index contributed by atoms with van der Waals surface area (Å²) in [7, 11) is 2.15. The van der Waals surface area contributed by atoms with Gasteiger partial charge in [0, 0.05) is 25.8 Å². The predicted octanol–water partition coefficient (Wildman–Crippen LogP) is 3.52. The molecule has 20 heavy (non-hydrogen) atoms. The zero-order valence-corrected chi connectivity index (χ0v) is 12.5. The van der Waals surface area contributed by atoms with Gasteiger partial charge in [-0.25, -0.2) is 0 Å². The van der Waals surface area contributed by atoms with E-state index >= 15 is 0 Å². The van der Waals surface area contributed by atoms with E-state index in [-0.39, 0.29) is 0 Å². The average Bonchev–Trinajstić information content (AvgIpc) is 2.48. The highest BCUT2D eigenvalue weighted by Crippen LogP contribution is 2.18. The molecular weight excluding hydrogens is 244 g/mol. The standard InChI is InChI=1S/C18H24N2/c1-15-13-18(11-10-17(15)14-19)20(2)12-6-9-16-7-4-3-5-8-16/h3-5,7-8,10-11,13H,6,9,12,14,19H2,1-2H3. The lowest BCUT2D eigenvalue weighted by Gasteiger charge is -2.20. The van der Waals surface area contributed by atoms with Crippen LogP contribution < -0.4 is 10.6 Å². The van der Waals surface area contributed by atoms with Gasteiger partial charge in [-0.1, -0.05) is 36.4 Å². The molecule has 0 fully saturated rings. The number of anilines is 1. The fourth-order valence-electron chi connectivity index (χ4n) is 2.44. The topological polar surface area (TPSA) is 29.3 Å². The van der Waals surface area contributed by atoms with Crippen LogP contribution in [0, 0.1) is 6.92 Å². The van der Waals surface area contributed by atoms with Gasteiger partial charge in [0.2, 0.25) is 0 Å². The summed E-state index contributed by atoms with van der Waals surface area (Å²) in [5.74, 6) is 0. The molecule has 0 bridgehead atoms. The van der Waals surface area contributed by atoms with Crippen LogP contribution in [-0.2, 0) is 13.0 Å². The van der Waals surface area contributed by atoms with Crippen LogP contribution in [0.5, 0.6) is 0 Å². The van der Waals surface area contributed by atoms with E-state index in [2.05, 4.69) is 67.4 Å². The predicted molar refractivity (Wildman–Crippen MR) is 87.1 cm³/mol. The molecule has 2 N–H and O–H groups in total. The number of rotatable bonds is 6. The molecule has 2 aromatic rings. The van der Waals surface area contributed by atoms with Crippen LogP contribution in [0.2, 0.25) is 0 Å². The van der Waals surface area contributed by atoms with E-state index in [0.29, 0.717) is 6.54 Å². The Balaban J connectivity index is 1.88. The van der Waals surface area contributed by atoms with Crippen molar-refractivity contribution in [3.63, 3.8) is 0 Å². The number of hydrogen-bond acceptors (Lipinski definition) is 2. The largest absolute Gasteiger partial charge is 0.375 e. The number of benzene rings is 2. The molecule has 0 atom stereocenters. The maximum atomic E-state index is 5.71. The molecule has 106 valence electrons. The van der Waals surface area contributed by atoms with Gasteiger partial charge < -0.3 is 10.6 Å². The number of nitrogens with two attached hydrogens (primary N) is 1. The SMILES string of the molecule is Cc1cc(N(C)CCCc2ccccc2)ccc1CN. The summed E-state index contributed by atoms with van der Waals surface area (Å²) < 4.78 is 0. The lowest BCUT2D eigenvalue weighted by molar-refractivity contribution is 0.785. The van der Waals surface area contributed by atoms with Crippen LogP contribution in [0.3, 0.4) is 0 Å². The van der Waals surface area contributed by atoms with Gasteiger partial charge in [-0.15, -0.1) is 0 Å². The summed E-state index contributed by atoms with van der Waals surface area (Å²) in [6.45, 7) is 3.81. The molecule has 2 nitrogen and oxygen atoms in total. The van der Waals surface area contributed by atoms with Gasteiger partial charge in [0.1, 0.15) is 0 Å². The van der Waals surface area contributed by atoms with Crippen molar-refractivity contribution in [3.05, 3.63) is 65.2 Å². The second-order valence-corrected chi connectivity index (χ2v) is 5.33. The van der Waals surface area contributed by atoms with E-state index in [1.165, 1.54) is 22.4 Å². The van der Waals surface area contributed by atoms with Gasteiger partial charge in [0.15, 0.2) is 0 Å². The molecule has 2 heteroatoms. The summed E-state index contributed by atoms with van der Waals surface area (Å²) in [5, 5.41) is 0. The Morgan fingerprint density at radius 1 is 1.05 bits per heavy atom. The maximum absolute atomic E-state index is 5.71. The second-order valence-electron chi connectivity index (χ2n) is 5.33. The average molecular weight is 268 g/mol. The Morgan fingerprint density at radius 3 is 2.45 bits per heavy atom. The molecule has 2 aromatic carbocycles. The minimum atomic E-state index is 0.615. The fraction of sp³-hybridized carbons (Fsp3) is 0.333. The Kier molecular flexibility index (Phi) is 5.19. The Hall–Kier alpha value is -1.80. The number of nitrogens with zero attached hydrogens (tertiary/aromatic N) is 1. The first-order valence-corrected chi connectivity index (χ1v) is 7.25. The smallest absolute Gasteiger partial charge is 0.0366 e. The van der Waals surface area contributed by atoms with Crippen molar-refractivity contribution >= 4 is 5.69 Å². The van der Waals surface area contributed by atoms with E-state index in [9.17, 15) is 0 Å². The van der Waals surface area contributed by atoms with Crippen LogP contribution in [0.15, 0.2) is 48.5 Å². The lowest BCUT2D eigenvalue weighted by atomic mass is 10.1. The van der Waals surface area contributed by atoms with E-state index in [0.717, 1.165) is 19.4 Å². The minimum Gasteiger partial charge on any atom is -0.375 e. The Morgan fingerprint density at radius 2 is 1.80 bits per heavy atom. The van der Waals surface area contributed by atoms with E-state index in [1.807, 2.05) is 0 Å². The molecule has 0 aliphatic carbocycles. The highest BCUT2D eigenvalue weighted by molar-refractivity contribution is 5.50. The first-order chi connectivity index (χ1) is 9.70. The van der Waals surface area contributed by atoms with E-state index in [4.69, 9.17) is 5.73 Å². The third-order valence-corrected chi connectivity index (χ3v) is 3.79. The molecule has 0 aliphatic rings. The zero-order chi connectivity index (χ0) is 14.4. The third-order valence-electron chi connectivity index (χ3n) is 3.79. The summed E-state index contributed by atoms with van der Waals surface area (Å²) >= 11 is 0. The van der Waals surface area contributed by atoms with Crippen LogP contribution in [0.4, 0.5) is 5.69 Å². The zero-order valence-electron chi connectivity index (χ0n) is 12.5. The van der Waals surface area contributed by atoms with E-state index in [1.54, 1.807) is 0 Å². The first kappa shape index (κ1) is 14.6. The molecule has 0 aliphatic heterocycles. The van der Waals surface area contributed by atoms with Crippen molar-refractivity contribution in [1.82, 2.24) is 0 Å². The normalized spacial score (nSPS) is 10.6. The van der Waals surface area contributed by atoms with Crippen molar-refractivity contribution in [1.29, 1.82) is 0 Å². The molecule has 0 radical (unpaired) electrons. The highest BCUT2D eigenvalue weighted by Gasteiger charge is 2.03. The van der Waals surface area contributed by atoms with Gasteiger partial charge in [0.05, 0.1) is 0 Å². The molecule has 0 aromatic heterocycles. The molecule has 2 rings (SSSR count). The highest BCUT2D eigenvalue weighted by atomic mass is 15.1. The second kappa shape index (κ2) is 7.11. The quantitative estimate of drug-likeness (QED) is 0.868. The Bertz CT molecular complexity index is 534. The van der Waals surface area contributed by atoms with Crippen molar-refractivity contribution < 1.29 is 0 Å². The summed E-state index contributed by atoms with van der Waals surface area (Å²) in [5.41, 5.74) is 10.9. The van der Waals surface area contributed by atoms with Gasteiger partial charge in [-0.2, -0.15) is 0 Å². The summed E-state index contributed by atoms with van der Waals surface area (Å²) in [6.07, 6.45) is 2.29. The molecule has 0 saturated heterocycles. The number of aryl methyl sites for hydroxylation is 2. The van der Waals surface area contributed by atoms with Crippen LogP contribution >= 0.6 is 0 Å². The van der Waals surface area contributed by atoms with Gasteiger partial charge in [-0.3, -0.25) is 0 Å². The third kappa shape index (κ3) is 3.84. The van der Waals surface area contributed by atoms with Crippen molar-refractivity contribution in [3.8, 4) is 0 Å². The Labute approximate surface area is 122 Å². The molecule has 0 amide bonds. The van der Waals surface area contributed by atoms with Gasteiger partial charge >= 0.3 is 0 Å². The molecule has 0 unspecified atom stereocenters. The molecule has 0 heterocycles. The number of hydrogen-bond donors (Lipinski definition) is 1. The minimum absolute atomic E-state index is 0.615. The molecule has 0 saturated carbocycles. The maximum Gasteiger partial charge on any atom is 0.0366 e. The van der Waals surface area contributed by atoms with Crippen molar-refractivity contribution in [2.24, 2.45) is 5.73 Å². The fourth-order valence-corrected chi connectivity index (χ4v) is 2.44. The monoisotopic (exact) mass is 268 g/mol. The van der Waals surface area contributed by atoms with Gasteiger partial charge in [-0.05, 0) is 48.6 Å². The van der Waals surface area contributed by atoms with Crippen LogP contribution in [0.1, 0.15) is 23.1 Å².